The van der Waals surface area contributed by atoms with Crippen molar-refractivity contribution in [3.8, 4) is 0 Å². The molecule has 0 atom stereocenters. The van der Waals surface area contributed by atoms with E-state index in [1.807, 2.05) is 30.3 Å². The summed E-state index contributed by atoms with van der Waals surface area (Å²) >= 11 is 6.62. The van der Waals surface area contributed by atoms with Crippen molar-refractivity contribution in [2.24, 2.45) is 0 Å². The fourth-order valence-corrected chi connectivity index (χ4v) is 3.67. The van der Waals surface area contributed by atoms with E-state index in [1.54, 1.807) is 29.6 Å². The van der Waals surface area contributed by atoms with Gasteiger partial charge in [0.25, 0.3) is 5.91 Å². The summed E-state index contributed by atoms with van der Waals surface area (Å²) in [6, 6.07) is 9.32. The van der Waals surface area contributed by atoms with Crippen molar-refractivity contribution in [2.75, 3.05) is 0 Å². The summed E-state index contributed by atoms with van der Waals surface area (Å²) in [5.41, 5.74) is 2.50. The molecule has 7 heteroatoms. The number of thioether (sulfide) groups is 1. The first kappa shape index (κ1) is 15.0. The Balaban J connectivity index is 1.62. The first-order chi connectivity index (χ1) is 11.7. The molecule has 3 aromatic rings. The lowest BCUT2D eigenvalue weighted by Gasteiger charge is -2.11. The van der Waals surface area contributed by atoms with Crippen molar-refractivity contribution in [3.63, 3.8) is 0 Å². The molecule has 2 aromatic heterocycles. The zero-order chi connectivity index (χ0) is 16.5. The molecule has 1 fully saturated rings. The quantitative estimate of drug-likeness (QED) is 0.529. The van der Waals surface area contributed by atoms with E-state index in [-0.39, 0.29) is 5.91 Å². The molecule has 1 saturated heterocycles. The number of carbonyl (C=O) groups excluding carboxylic acids is 1. The highest BCUT2D eigenvalue weighted by Gasteiger charge is 2.32. The molecule has 0 aliphatic carbocycles. The van der Waals surface area contributed by atoms with Gasteiger partial charge in [0.2, 0.25) is 0 Å². The van der Waals surface area contributed by atoms with E-state index in [1.165, 1.54) is 11.8 Å². The summed E-state index contributed by atoms with van der Waals surface area (Å²) in [7, 11) is 0. The number of benzene rings is 1. The maximum absolute atomic E-state index is 12.6. The number of aromatic nitrogens is 2. The Kier molecular flexibility index (Phi) is 3.87. The third kappa shape index (κ3) is 2.83. The number of furan rings is 1. The highest BCUT2D eigenvalue weighted by Crippen LogP contribution is 2.33. The molecule has 0 saturated carbocycles. The van der Waals surface area contributed by atoms with Gasteiger partial charge in [0.15, 0.2) is 0 Å². The van der Waals surface area contributed by atoms with Crippen LogP contribution in [0.1, 0.15) is 11.3 Å². The smallest absolute Gasteiger partial charge is 0.266 e. The van der Waals surface area contributed by atoms with Gasteiger partial charge in [-0.05, 0) is 35.9 Å². The van der Waals surface area contributed by atoms with Gasteiger partial charge >= 0.3 is 0 Å². The van der Waals surface area contributed by atoms with E-state index in [2.05, 4.69) is 9.97 Å². The van der Waals surface area contributed by atoms with Gasteiger partial charge in [0.05, 0.1) is 28.7 Å². The van der Waals surface area contributed by atoms with E-state index >= 15 is 0 Å². The second-order valence-electron chi connectivity index (χ2n) is 5.15. The lowest BCUT2D eigenvalue weighted by Crippen LogP contribution is -2.27. The van der Waals surface area contributed by atoms with Gasteiger partial charge in [-0.1, -0.05) is 30.0 Å². The molecule has 1 aliphatic rings. The molecule has 118 valence electrons. The van der Waals surface area contributed by atoms with Crippen LogP contribution in [0.4, 0.5) is 0 Å². The summed E-state index contributed by atoms with van der Waals surface area (Å²) in [5.74, 6) is 0.592. The van der Waals surface area contributed by atoms with Crippen molar-refractivity contribution >= 4 is 51.3 Å². The van der Waals surface area contributed by atoms with Crippen molar-refractivity contribution in [3.05, 3.63) is 65.2 Å². The molecule has 4 rings (SSSR count). The molecule has 0 radical (unpaired) electrons. The number of hydrogen-bond donors (Lipinski definition) is 0. The van der Waals surface area contributed by atoms with Gasteiger partial charge in [0.1, 0.15) is 10.1 Å². The Morgan fingerprint density at radius 1 is 1.21 bits per heavy atom. The number of carbonyl (C=O) groups is 1. The molecule has 24 heavy (non-hydrogen) atoms. The molecule has 0 N–H and O–H groups in total. The topological polar surface area (TPSA) is 59.2 Å². The predicted octanol–water partition coefficient (Wildman–Crippen LogP) is 3.62. The predicted molar refractivity (Wildman–Crippen MR) is 97.0 cm³/mol. The average molecular weight is 353 g/mol. The Morgan fingerprint density at radius 2 is 2.04 bits per heavy atom. The number of hydrogen-bond acceptors (Lipinski definition) is 6. The molecule has 0 spiro atoms. The second kappa shape index (κ2) is 6.18. The van der Waals surface area contributed by atoms with Crippen LogP contribution in [0.15, 0.2) is 58.3 Å². The van der Waals surface area contributed by atoms with Crippen LogP contribution < -0.4 is 0 Å². The van der Waals surface area contributed by atoms with Crippen LogP contribution in [0.25, 0.3) is 17.1 Å². The van der Waals surface area contributed by atoms with E-state index in [9.17, 15) is 4.79 Å². The van der Waals surface area contributed by atoms with Crippen LogP contribution in [0.3, 0.4) is 0 Å². The van der Waals surface area contributed by atoms with Gasteiger partial charge in [-0.3, -0.25) is 19.7 Å². The van der Waals surface area contributed by atoms with Gasteiger partial charge in [0, 0.05) is 12.4 Å². The van der Waals surface area contributed by atoms with E-state index in [4.69, 9.17) is 16.6 Å². The molecule has 1 aliphatic heterocycles. The summed E-state index contributed by atoms with van der Waals surface area (Å²) in [6.07, 6.45) is 6.71. The highest BCUT2D eigenvalue weighted by atomic mass is 32.2. The minimum Gasteiger partial charge on any atom is -0.467 e. The largest absolute Gasteiger partial charge is 0.467 e. The molecule has 5 nitrogen and oxygen atoms in total. The van der Waals surface area contributed by atoms with Crippen LogP contribution in [0.2, 0.25) is 0 Å². The van der Waals surface area contributed by atoms with Gasteiger partial charge in [-0.2, -0.15) is 0 Å². The standard InChI is InChI=1S/C17H11N3O2S2/c21-16-15(24-17(23)20(16)10-12-2-1-7-22-12)9-11-3-4-13-14(8-11)19-6-5-18-13/h1-9H,10H2. The number of nitrogens with zero attached hydrogens (tertiary/aromatic N) is 3. The van der Waals surface area contributed by atoms with E-state index in [0.717, 1.165) is 16.6 Å². The average Bonchev–Trinajstić information content (AvgIpc) is 3.19. The number of thiocarbonyl (C=S) groups is 1. The van der Waals surface area contributed by atoms with Crippen LogP contribution in [-0.2, 0) is 11.3 Å². The maximum Gasteiger partial charge on any atom is 0.266 e. The first-order valence-electron chi connectivity index (χ1n) is 7.19. The lowest BCUT2D eigenvalue weighted by molar-refractivity contribution is -0.122. The Morgan fingerprint density at radius 3 is 2.83 bits per heavy atom. The molecule has 0 unspecified atom stereocenters. The van der Waals surface area contributed by atoms with E-state index < -0.39 is 0 Å². The fourth-order valence-electron chi connectivity index (χ4n) is 2.42. The van der Waals surface area contributed by atoms with Crippen LogP contribution in [0, 0.1) is 0 Å². The van der Waals surface area contributed by atoms with Gasteiger partial charge in [-0.25, -0.2) is 0 Å². The van der Waals surface area contributed by atoms with Crippen LogP contribution in [-0.4, -0.2) is 25.1 Å². The normalized spacial score (nSPS) is 16.5. The zero-order valence-corrected chi connectivity index (χ0v) is 14.0. The monoisotopic (exact) mass is 353 g/mol. The first-order valence-corrected chi connectivity index (χ1v) is 8.42. The molecule has 0 bridgehead atoms. The van der Waals surface area contributed by atoms with Gasteiger partial charge in [-0.15, -0.1) is 0 Å². The van der Waals surface area contributed by atoms with Crippen molar-refractivity contribution in [1.82, 2.24) is 14.9 Å². The fraction of sp³-hybridized carbons (Fsp3) is 0.0588. The third-order valence-electron chi connectivity index (χ3n) is 3.56. The van der Waals surface area contributed by atoms with Crippen LogP contribution >= 0.6 is 24.0 Å². The minimum atomic E-state index is -0.111. The number of rotatable bonds is 3. The van der Waals surface area contributed by atoms with Crippen molar-refractivity contribution < 1.29 is 9.21 Å². The van der Waals surface area contributed by atoms with Gasteiger partial charge < -0.3 is 4.42 Å². The van der Waals surface area contributed by atoms with Crippen LogP contribution in [0.5, 0.6) is 0 Å². The van der Waals surface area contributed by atoms with Crippen molar-refractivity contribution in [1.29, 1.82) is 0 Å². The summed E-state index contributed by atoms with van der Waals surface area (Å²) in [5, 5.41) is 0. The Hall–Kier alpha value is -2.51. The Labute approximate surface area is 147 Å². The number of amides is 1. The number of fused-ring (bicyclic) bond motifs is 1. The molecule has 1 amide bonds. The molecular formula is C17H11N3O2S2. The summed E-state index contributed by atoms with van der Waals surface area (Å²) < 4.78 is 5.83. The minimum absolute atomic E-state index is 0.111. The lowest BCUT2D eigenvalue weighted by atomic mass is 10.1. The van der Waals surface area contributed by atoms with Crippen molar-refractivity contribution in [2.45, 2.75) is 6.54 Å². The third-order valence-corrected chi connectivity index (χ3v) is 4.94. The second-order valence-corrected chi connectivity index (χ2v) is 6.83. The molecule has 1 aromatic carbocycles. The maximum atomic E-state index is 12.6. The highest BCUT2D eigenvalue weighted by molar-refractivity contribution is 8.26. The Bertz CT molecular complexity index is 967. The molecule has 3 heterocycles. The van der Waals surface area contributed by atoms with E-state index in [0.29, 0.717) is 21.5 Å². The zero-order valence-electron chi connectivity index (χ0n) is 12.4. The summed E-state index contributed by atoms with van der Waals surface area (Å²) in [4.78, 5) is 23.3. The SMILES string of the molecule is O=C1C(=Cc2ccc3nccnc3c2)SC(=S)N1Cc1ccco1. The molecular weight excluding hydrogens is 342 g/mol. The summed E-state index contributed by atoms with van der Waals surface area (Å²) in [6.45, 7) is 0.345.